The first-order valence-corrected chi connectivity index (χ1v) is 5.00. The minimum atomic E-state index is 0.924. The lowest BCUT2D eigenvalue weighted by Crippen LogP contribution is -1.85. The first kappa shape index (κ1) is 10.8. The molecule has 0 aliphatic carbocycles. The van der Waals surface area contributed by atoms with E-state index in [2.05, 4.69) is 31.8 Å². The maximum atomic E-state index is 5.30. The molecule has 0 aliphatic rings. The van der Waals surface area contributed by atoms with Crippen molar-refractivity contribution in [3.05, 3.63) is 29.2 Å². The fourth-order valence-corrected chi connectivity index (χ4v) is 1.47. The van der Waals surface area contributed by atoms with Crippen LogP contribution in [0.2, 0.25) is 0 Å². The van der Waals surface area contributed by atoms with Gasteiger partial charge in [-0.15, -0.1) is 0 Å². The van der Waals surface area contributed by atoms with E-state index in [0.717, 1.165) is 11.1 Å². The highest BCUT2D eigenvalue weighted by molar-refractivity contribution is 5.80. The quantitative estimate of drug-likeness (QED) is 0.633. The lowest BCUT2D eigenvalue weighted by molar-refractivity contribution is 0.599. The maximum absolute atomic E-state index is 5.30. The third-order valence-corrected chi connectivity index (χ3v) is 2.31. The molecule has 0 atom stereocenters. The smallest absolute Gasteiger partial charge is 0.182 e. The lowest BCUT2D eigenvalue weighted by Gasteiger charge is -2.01. The highest BCUT2D eigenvalue weighted by atomic mass is 16.3. The zero-order valence-electron chi connectivity index (χ0n) is 9.51. The molecule has 0 unspecified atom stereocenters. The highest BCUT2D eigenvalue weighted by Crippen LogP contribution is 2.23. The van der Waals surface area contributed by atoms with E-state index < -0.39 is 0 Å². The summed E-state index contributed by atoms with van der Waals surface area (Å²) >= 11 is 0. The van der Waals surface area contributed by atoms with Gasteiger partial charge in [0.1, 0.15) is 5.52 Å². The van der Waals surface area contributed by atoms with Crippen LogP contribution in [0.1, 0.15) is 30.5 Å². The molecular weight excluding hydrogens is 174 g/mol. The molecular formula is C12H17NO. The average molecular weight is 191 g/mol. The van der Waals surface area contributed by atoms with E-state index in [1.807, 2.05) is 13.8 Å². The van der Waals surface area contributed by atoms with Gasteiger partial charge in [0.2, 0.25) is 0 Å². The summed E-state index contributed by atoms with van der Waals surface area (Å²) in [6.07, 6.45) is 1.50. The Morgan fingerprint density at radius 2 is 1.71 bits per heavy atom. The predicted molar refractivity (Wildman–Crippen MR) is 59.6 cm³/mol. The first-order valence-electron chi connectivity index (χ1n) is 5.00. The van der Waals surface area contributed by atoms with Crippen LogP contribution >= 0.6 is 0 Å². The zero-order valence-corrected chi connectivity index (χ0v) is 9.51. The number of aryl methyl sites for hydroxylation is 3. The third-order valence-electron chi connectivity index (χ3n) is 2.31. The van der Waals surface area contributed by atoms with Crippen LogP contribution in [0.15, 0.2) is 16.9 Å². The number of hydrogen-bond acceptors (Lipinski definition) is 2. The van der Waals surface area contributed by atoms with E-state index >= 15 is 0 Å². The maximum Gasteiger partial charge on any atom is 0.182 e. The first-order chi connectivity index (χ1) is 6.70. The van der Waals surface area contributed by atoms with Crippen LogP contribution < -0.4 is 0 Å². The second kappa shape index (κ2) is 4.27. The Kier molecular flexibility index (Phi) is 3.28. The lowest BCUT2D eigenvalue weighted by atomic mass is 10.1. The summed E-state index contributed by atoms with van der Waals surface area (Å²) in [5.41, 5.74) is 5.54. The van der Waals surface area contributed by atoms with E-state index in [-0.39, 0.29) is 0 Å². The third kappa shape index (κ3) is 1.65. The Bertz CT molecular complexity index is 429. The summed E-state index contributed by atoms with van der Waals surface area (Å²) < 4.78 is 5.30. The summed E-state index contributed by atoms with van der Waals surface area (Å²) in [6, 6.07) is 2.14. The van der Waals surface area contributed by atoms with Crippen LogP contribution in [-0.2, 0) is 0 Å². The van der Waals surface area contributed by atoms with Crippen LogP contribution in [-0.4, -0.2) is 4.98 Å². The summed E-state index contributed by atoms with van der Waals surface area (Å²) in [6.45, 7) is 10.2. The fourth-order valence-electron chi connectivity index (χ4n) is 1.47. The second-order valence-corrected chi connectivity index (χ2v) is 3.17. The van der Waals surface area contributed by atoms with Crippen molar-refractivity contribution in [2.24, 2.45) is 0 Å². The summed E-state index contributed by atoms with van der Waals surface area (Å²) in [7, 11) is 0. The molecule has 0 aliphatic heterocycles. The van der Waals surface area contributed by atoms with Crippen LogP contribution in [0.25, 0.3) is 11.1 Å². The molecule has 0 bridgehead atoms. The zero-order chi connectivity index (χ0) is 10.7. The molecule has 2 aromatic rings. The van der Waals surface area contributed by atoms with Gasteiger partial charge in [-0.3, -0.25) is 0 Å². The van der Waals surface area contributed by atoms with Crippen molar-refractivity contribution in [1.29, 1.82) is 0 Å². The van der Waals surface area contributed by atoms with Gasteiger partial charge in [-0.1, -0.05) is 19.9 Å². The monoisotopic (exact) mass is 191 g/mol. The number of oxazole rings is 1. The van der Waals surface area contributed by atoms with Crippen molar-refractivity contribution in [3.8, 4) is 0 Å². The van der Waals surface area contributed by atoms with Gasteiger partial charge in [-0.2, -0.15) is 0 Å². The van der Waals surface area contributed by atoms with E-state index in [1.54, 1.807) is 0 Å². The van der Waals surface area contributed by atoms with Crippen LogP contribution in [0.5, 0.6) is 0 Å². The van der Waals surface area contributed by atoms with Crippen LogP contribution in [0.4, 0.5) is 0 Å². The molecule has 2 nitrogen and oxygen atoms in total. The van der Waals surface area contributed by atoms with Gasteiger partial charge in [0, 0.05) is 0 Å². The minimum Gasteiger partial charge on any atom is -0.443 e. The summed E-state index contributed by atoms with van der Waals surface area (Å²) in [5.74, 6) is 0. The Hall–Kier alpha value is -1.31. The van der Waals surface area contributed by atoms with E-state index in [1.165, 1.54) is 23.1 Å². The molecule has 0 saturated carbocycles. The molecule has 0 amide bonds. The van der Waals surface area contributed by atoms with Crippen molar-refractivity contribution < 1.29 is 4.42 Å². The van der Waals surface area contributed by atoms with Crippen molar-refractivity contribution >= 4 is 11.1 Å². The summed E-state index contributed by atoms with van der Waals surface area (Å²) in [4.78, 5) is 4.15. The molecule has 0 fully saturated rings. The van der Waals surface area contributed by atoms with Gasteiger partial charge in [-0.25, -0.2) is 4.98 Å². The van der Waals surface area contributed by atoms with Crippen LogP contribution in [0, 0.1) is 20.8 Å². The molecule has 14 heavy (non-hydrogen) atoms. The number of benzene rings is 1. The standard InChI is InChI=1S/C10H11NO.C2H6/c1-6-4-7(2)9-10(8(6)3)12-5-11-9;1-2/h4-5H,1-3H3;1-2H3. The Labute approximate surface area is 85.0 Å². The van der Waals surface area contributed by atoms with Gasteiger partial charge in [0.25, 0.3) is 0 Å². The van der Waals surface area contributed by atoms with Gasteiger partial charge in [0.05, 0.1) is 0 Å². The molecule has 0 radical (unpaired) electrons. The molecule has 2 rings (SSSR count). The van der Waals surface area contributed by atoms with Gasteiger partial charge >= 0.3 is 0 Å². The van der Waals surface area contributed by atoms with Crippen molar-refractivity contribution in [1.82, 2.24) is 4.98 Å². The number of rotatable bonds is 0. The highest BCUT2D eigenvalue weighted by Gasteiger charge is 2.07. The van der Waals surface area contributed by atoms with Gasteiger partial charge in [-0.05, 0) is 37.5 Å². The van der Waals surface area contributed by atoms with Gasteiger partial charge in [0.15, 0.2) is 12.0 Å². The summed E-state index contributed by atoms with van der Waals surface area (Å²) in [5, 5.41) is 0. The molecule has 2 heteroatoms. The molecule has 76 valence electrons. The minimum absolute atomic E-state index is 0.924. The molecule has 0 spiro atoms. The van der Waals surface area contributed by atoms with Crippen molar-refractivity contribution in [2.45, 2.75) is 34.6 Å². The topological polar surface area (TPSA) is 26.0 Å². The molecule has 0 N–H and O–H groups in total. The molecule has 0 saturated heterocycles. The Morgan fingerprint density at radius 1 is 1.07 bits per heavy atom. The van der Waals surface area contributed by atoms with Gasteiger partial charge < -0.3 is 4.42 Å². The Balaban J connectivity index is 0.000000461. The van der Waals surface area contributed by atoms with E-state index in [9.17, 15) is 0 Å². The predicted octanol–water partition coefficient (Wildman–Crippen LogP) is 3.78. The van der Waals surface area contributed by atoms with E-state index in [4.69, 9.17) is 4.42 Å². The Morgan fingerprint density at radius 3 is 2.36 bits per heavy atom. The van der Waals surface area contributed by atoms with Crippen molar-refractivity contribution in [3.63, 3.8) is 0 Å². The number of nitrogens with zero attached hydrogens (tertiary/aromatic N) is 1. The van der Waals surface area contributed by atoms with Crippen LogP contribution in [0.3, 0.4) is 0 Å². The number of fused-ring (bicyclic) bond motifs is 1. The van der Waals surface area contributed by atoms with E-state index in [0.29, 0.717) is 0 Å². The number of aromatic nitrogens is 1. The average Bonchev–Trinajstić information content (AvgIpc) is 2.67. The fraction of sp³-hybridized carbons (Fsp3) is 0.417. The second-order valence-electron chi connectivity index (χ2n) is 3.17. The number of hydrogen-bond donors (Lipinski definition) is 0. The molecule has 1 aromatic carbocycles. The van der Waals surface area contributed by atoms with Crippen molar-refractivity contribution in [2.75, 3.05) is 0 Å². The molecule has 1 aromatic heterocycles. The normalized spacial score (nSPS) is 9.79. The molecule has 1 heterocycles. The largest absolute Gasteiger partial charge is 0.443 e. The SMILES string of the molecule is CC.Cc1cc(C)c2ncoc2c1C.